The van der Waals surface area contributed by atoms with Crippen molar-refractivity contribution in [3.63, 3.8) is 0 Å². The maximum Gasteiger partial charge on any atom is 0.271 e. The fourth-order valence-corrected chi connectivity index (χ4v) is 3.11. The molecule has 0 unspecified atom stereocenters. The molecule has 1 amide bonds. The molecule has 0 aliphatic carbocycles. The van der Waals surface area contributed by atoms with Gasteiger partial charge in [0.2, 0.25) is 5.88 Å². The van der Waals surface area contributed by atoms with Crippen LogP contribution in [-0.2, 0) is 13.2 Å². The third-order valence-corrected chi connectivity index (χ3v) is 4.47. The van der Waals surface area contributed by atoms with Crippen molar-refractivity contribution >= 4 is 23.2 Å². The van der Waals surface area contributed by atoms with Gasteiger partial charge >= 0.3 is 0 Å². The second-order valence-corrected chi connectivity index (χ2v) is 6.46. The average molecular weight is 393 g/mol. The van der Waals surface area contributed by atoms with E-state index in [-0.39, 0.29) is 17.6 Å². The summed E-state index contributed by atoms with van der Waals surface area (Å²) in [7, 11) is 0. The SMILES string of the molecule is O=C(NCc1cccnc1OCc1ccccc1)c1c(Cl)nc2ccccn12. The van der Waals surface area contributed by atoms with Gasteiger partial charge in [0, 0.05) is 24.5 Å². The number of imidazole rings is 1. The van der Waals surface area contributed by atoms with Crippen molar-refractivity contribution in [3.05, 3.63) is 95.0 Å². The molecule has 0 aliphatic rings. The number of pyridine rings is 2. The third-order valence-electron chi connectivity index (χ3n) is 4.21. The lowest BCUT2D eigenvalue weighted by atomic mass is 10.2. The molecule has 0 aliphatic heterocycles. The van der Waals surface area contributed by atoms with Crippen molar-refractivity contribution in [1.82, 2.24) is 19.7 Å². The van der Waals surface area contributed by atoms with Crippen LogP contribution in [0.4, 0.5) is 0 Å². The number of hydrogen-bond acceptors (Lipinski definition) is 4. The van der Waals surface area contributed by atoms with E-state index in [0.29, 0.717) is 23.8 Å². The molecule has 140 valence electrons. The monoisotopic (exact) mass is 392 g/mol. The van der Waals surface area contributed by atoms with Crippen molar-refractivity contribution in [2.45, 2.75) is 13.2 Å². The Morgan fingerprint density at radius 2 is 1.89 bits per heavy atom. The van der Waals surface area contributed by atoms with E-state index in [9.17, 15) is 4.79 Å². The molecule has 0 fully saturated rings. The van der Waals surface area contributed by atoms with Crippen LogP contribution in [0.2, 0.25) is 5.15 Å². The van der Waals surface area contributed by atoms with Crippen molar-refractivity contribution in [2.75, 3.05) is 0 Å². The van der Waals surface area contributed by atoms with Gasteiger partial charge in [0.1, 0.15) is 12.3 Å². The van der Waals surface area contributed by atoms with Gasteiger partial charge in [-0.2, -0.15) is 0 Å². The first kappa shape index (κ1) is 18.0. The van der Waals surface area contributed by atoms with Gasteiger partial charge in [0.15, 0.2) is 10.8 Å². The molecule has 7 heteroatoms. The van der Waals surface area contributed by atoms with Crippen LogP contribution in [0.25, 0.3) is 5.65 Å². The van der Waals surface area contributed by atoms with Crippen LogP contribution in [0.1, 0.15) is 21.6 Å². The normalized spacial score (nSPS) is 10.8. The summed E-state index contributed by atoms with van der Waals surface area (Å²) in [5.41, 5.74) is 2.73. The molecule has 0 spiro atoms. The number of hydrogen-bond donors (Lipinski definition) is 1. The Morgan fingerprint density at radius 1 is 1.07 bits per heavy atom. The topological polar surface area (TPSA) is 68.5 Å². The molecule has 0 saturated heterocycles. The lowest BCUT2D eigenvalue weighted by molar-refractivity contribution is 0.0945. The van der Waals surface area contributed by atoms with Gasteiger partial charge in [-0.3, -0.25) is 9.20 Å². The zero-order chi connectivity index (χ0) is 19.3. The number of aromatic nitrogens is 3. The minimum atomic E-state index is -0.318. The van der Waals surface area contributed by atoms with E-state index in [1.54, 1.807) is 28.9 Å². The van der Waals surface area contributed by atoms with Gasteiger partial charge in [-0.25, -0.2) is 9.97 Å². The number of carbonyl (C=O) groups is 1. The van der Waals surface area contributed by atoms with Crippen LogP contribution < -0.4 is 10.1 Å². The van der Waals surface area contributed by atoms with E-state index in [1.807, 2.05) is 48.5 Å². The lowest BCUT2D eigenvalue weighted by Crippen LogP contribution is -2.25. The molecule has 4 aromatic rings. The van der Waals surface area contributed by atoms with E-state index in [1.165, 1.54) is 0 Å². The van der Waals surface area contributed by atoms with Crippen LogP contribution in [-0.4, -0.2) is 20.3 Å². The number of amides is 1. The minimum Gasteiger partial charge on any atom is -0.473 e. The molecule has 28 heavy (non-hydrogen) atoms. The van der Waals surface area contributed by atoms with Gasteiger partial charge in [-0.1, -0.05) is 54.1 Å². The van der Waals surface area contributed by atoms with Gasteiger partial charge in [0.25, 0.3) is 5.91 Å². The van der Waals surface area contributed by atoms with E-state index in [0.717, 1.165) is 11.1 Å². The molecule has 0 radical (unpaired) electrons. The summed E-state index contributed by atoms with van der Waals surface area (Å²) in [5, 5.41) is 3.03. The molecule has 3 aromatic heterocycles. The van der Waals surface area contributed by atoms with E-state index < -0.39 is 0 Å². The molecule has 0 saturated carbocycles. The maximum atomic E-state index is 12.7. The molecule has 6 nitrogen and oxygen atoms in total. The highest BCUT2D eigenvalue weighted by atomic mass is 35.5. The summed E-state index contributed by atoms with van der Waals surface area (Å²) in [6, 6.07) is 19.0. The van der Waals surface area contributed by atoms with Gasteiger partial charge in [-0.05, 0) is 23.8 Å². The molecule has 1 N–H and O–H groups in total. The van der Waals surface area contributed by atoms with Crippen molar-refractivity contribution in [2.24, 2.45) is 0 Å². The van der Waals surface area contributed by atoms with E-state index >= 15 is 0 Å². The second-order valence-electron chi connectivity index (χ2n) is 6.10. The quantitative estimate of drug-likeness (QED) is 0.540. The van der Waals surface area contributed by atoms with E-state index in [4.69, 9.17) is 16.3 Å². The fraction of sp³-hybridized carbons (Fsp3) is 0.0952. The number of nitrogens with zero attached hydrogens (tertiary/aromatic N) is 3. The first-order valence-electron chi connectivity index (χ1n) is 8.74. The molecule has 4 rings (SSSR count). The van der Waals surface area contributed by atoms with Crippen LogP contribution in [0, 0.1) is 0 Å². The fourth-order valence-electron chi connectivity index (χ4n) is 2.84. The summed E-state index contributed by atoms with van der Waals surface area (Å²) in [4.78, 5) is 21.2. The highest BCUT2D eigenvalue weighted by Crippen LogP contribution is 2.19. The van der Waals surface area contributed by atoms with Crippen LogP contribution in [0.15, 0.2) is 73.1 Å². The highest BCUT2D eigenvalue weighted by Gasteiger charge is 2.18. The summed E-state index contributed by atoms with van der Waals surface area (Å²) in [5.74, 6) is 0.164. The Hall–Kier alpha value is -3.38. The average Bonchev–Trinajstić information content (AvgIpc) is 3.07. The predicted molar refractivity (Wildman–Crippen MR) is 106 cm³/mol. The highest BCUT2D eigenvalue weighted by molar-refractivity contribution is 6.32. The minimum absolute atomic E-state index is 0.162. The third kappa shape index (κ3) is 3.82. The molecule has 3 heterocycles. The Labute approximate surface area is 166 Å². The summed E-state index contributed by atoms with van der Waals surface area (Å²) in [6.45, 7) is 0.658. The first-order valence-corrected chi connectivity index (χ1v) is 9.11. The van der Waals surface area contributed by atoms with Crippen LogP contribution in [0.3, 0.4) is 0 Å². The Morgan fingerprint density at radius 3 is 2.75 bits per heavy atom. The molecule has 1 aromatic carbocycles. The smallest absolute Gasteiger partial charge is 0.271 e. The first-order chi connectivity index (χ1) is 13.7. The number of rotatable bonds is 6. The number of fused-ring (bicyclic) bond motifs is 1. The Bertz CT molecular complexity index is 1110. The van der Waals surface area contributed by atoms with Crippen molar-refractivity contribution in [3.8, 4) is 5.88 Å². The number of ether oxygens (including phenoxy) is 1. The lowest BCUT2D eigenvalue weighted by Gasteiger charge is -2.11. The van der Waals surface area contributed by atoms with Gasteiger partial charge in [0.05, 0.1) is 0 Å². The largest absolute Gasteiger partial charge is 0.473 e. The van der Waals surface area contributed by atoms with Crippen molar-refractivity contribution in [1.29, 1.82) is 0 Å². The van der Waals surface area contributed by atoms with Crippen LogP contribution >= 0.6 is 11.6 Å². The zero-order valence-corrected chi connectivity index (χ0v) is 15.6. The van der Waals surface area contributed by atoms with Gasteiger partial charge < -0.3 is 10.1 Å². The maximum absolute atomic E-state index is 12.7. The van der Waals surface area contributed by atoms with Gasteiger partial charge in [-0.15, -0.1) is 0 Å². The number of nitrogens with one attached hydrogen (secondary N) is 1. The summed E-state index contributed by atoms with van der Waals surface area (Å²) >= 11 is 6.16. The number of carbonyl (C=O) groups excluding carboxylic acids is 1. The number of benzene rings is 1. The standard InChI is InChI=1S/C21H17ClN4O2/c22-19-18(26-12-5-4-10-17(26)25-19)20(27)24-13-16-9-6-11-23-21(16)28-14-15-7-2-1-3-8-15/h1-12H,13-14H2,(H,24,27). The molecule has 0 bridgehead atoms. The summed E-state index contributed by atoms with van der Waals surface area (Å²) < 4.78 is 7.49. The number of halogens is 1. The van der Waals surface area contributed by atoms with Crippen LogP contribution in [0.5, 0.6) is 5.88 Å². The molecule has 0 atom stereocenters. The molecular formula is C21H17ClN4O2. The predicted octanol–water partition coefficient (Wildman–Crippen LogP) is 3.89. The zero-order valence-electron chi connectivity index (χ0n) is 14.9. The van der Waals surface area contributed by atoms with Crippen molar-refractivity contribution < 1.29 is 9.53 Å². The van der Waals surface area contributed by atoms with E-state index in [2.05, 4.69) is 15.3 Å². The second kappa shape index (κ2) is 8.10. The Balaban J connectivity index is 1.47. The Kier molecular flexibility index (Phi) is 5.21. The molecular weight excluding hydrogens is 376 g/mol. The summed E-state index contributed by atoms with van der Waals surface area (Å²) in [6.07, 6.45) is 3.41.